The first-order chi connectivity index (χ1) is 64.5. The Morgan fingerprint density at radius 3 is 1.09 bits per heavy atom. The lowest BCUT2D eigenvalue weighted by Crippen LogP contribution is -2.62. The van der Waals surface area contributed by atoms with Crippen molar-refractivity contribution in [1.29, 1.82) is 0 Å². The minimum Gasteiger partial charge on any atom is -0.508 e. The summed E-state index contributed by atoms with van der Waals surface area (Å²) in [5.74, 6) is -29.5. The lowest BCUT2D eigenvalue weighted by molar-refractivity contribution is -0.144. The molecule has 53 heteroatoms. The Morgan fingerprint density at radius 2 is 0.701 bits per heavy atom. The van der Waals surface area contributed by atoms with Crippen LogP contribution >= 0.6 is 35.3 Å². The van der Waals surface area contributed by atoms with Crippen molar-refractivity contribution in [3.63, 3.8) is 0 Å². The second kappa shape index (κ2) is 63.6. The molecule has 1 heterocycles. The molecule has 0 radical (unpaired) electrons. The highest BCUT2D eigenvalue weighted by molar-refractivity contribution is 7.99. The van der Waals surface area contributed by atoms with Crippen molar-refractivity contribution in [1.82, 2.24) is 84.7 Å². The van der Waals surface area contributed by atoms with Crippen molar-refractivity contribution in [2.75, 3.05) is 68.9 Å². The summed E-state index contributed by atoms with van der Waals surface area (Å²) >= 11 is 3.80. The first-order valence-electron chi connectivity index (χ1n) is 44.3. The van der Waals surface area contributed by atoms with Gasteiger partial charge in [0.15, 0.2) is 0 Å². The molecular formula is C84H135N19O31S3. The zero-order valence-corrected chi connectivity index (χ0v) is 80.3. The summed E-state index contributed by atoms with van der Waals surface area (Å²) < 4.78 is 0. The Labute approximate surface area is 803 Å². The van der Waals surface area contributed by atoms with E-state index in [0.29, 0.717) is 12.8 Å². The maximum Gasteiger partial charge on any atom is 0.326 e. The summed E-state index contributed by atoms with van der Waals surface area (Å²) in [4.78, 5) is 300. The van der Waals surface area contributed by atoms with E-state index >= 15 is 0 Å². The Morgan fingerprint density at radius 1 is 0.372 bits per heavy atom. The van der Waals surface area contributed by atoms with Gasteiger partial charge in [-0.15, -0.1) is 0 Å². The topological polar surface area (TPSA) is 819 Å². The molecule has 17 unspecified atom stereocenters. The van der Waals surface area contributed by atoms with E-state index in [4.69, 9.17) is 22.3 Å². The molecule has 1 aromatic carbocycles. The van der Waals surface area contributed by atoms with Gasteiger partial charge in [-0.3, -0.25) is 101 Å². The smallest absolute Gasteiger partial charge is 0.326 e. The number of unbranched alkanes of at least 4 members (excludes halogenated alkanes) is 2. The number of aliphatic hydroxyl groups is 2. The molecule has 1 saturated heterocycles. The third kappa shape index (κ3) is 44.9. The number of carboxylic acid groups (broad SMARTS) is 6. The zero-order chi connectivity index (χ0) is 104. The molecule has 1 aromatic rings. The summed E-state index contributed by atoms with van der Waals surface area (Å²) in [6, 6.07) is -24.0. The Bertz CT molecular complexity index is 4270. The van der Waals surface area contributed by atoms with Crippen LogP contribution in [0.3, 0.4) is 0 Å². The van der Waals surface area contributed by atoms with Crippen molar-refractivity contribution in [2.45, 2.75) is 266 Å². The highest BCUT2D eigenvalue weighted by atomic mass is 32.2. The molecule has 770 valence electrons. The fourth-order valence-corrected chi connectivity index (χ4v) is 15.1. The van der Waals surface area contributed by atoms with Crippen LogP contribution in [0.5, 0.6) is 5.75 Å². The van der Waals surface area contributed by atoms with Crippen molar-refractivity contribution in [3.8, 4) is 5.75 Å². The number of carboxylic acids is 6. The van der Waals surface area contributed by atoms with E-state index in [1.54, 1.807) is 32.6 Å². The molecule has 1 aliphatic heterocycles. The van der Waals surface area contributed by atoms with Crippen molar-refractivity contribution < 1.29 is 151 Å². The molecule has 0 aromatic heterocycles. The molecule has 1 aliphatic rings. The van der Waals surface area contributed by atoms with Crippen LogP contribution < -0.4 is 97.0 Å². The second-order valence-corrected chi connectivity index (χ2v) is 36.4. The SMILES string of the molecule is CSCCC(NC(=O)C(N)CC(=O)O)C(=O)NC(CO)C(=O)NC(CCCCN)C(=O)NC(CC(=O)O)C(=O)NC(CCC(=O)O)C(=O)NC(CO)C(=O)NC(C(=O)NC(CC(=O)O)C(=O)NC(Cc1ccc(O)cc1)C(=O)NC(C(=O)N1CCCC1C(=O)NC(CCSC)C(=O)NC(CC(C)C)C(=O)NC(CC(=O)O)C(=O)NC(CCSC)C(=O)NC(CCCCN)C(=O)O)C(C)C)C(C)C. The molecular weight excluding hydrogens is 1870 g/mol. The number of hydrogen-bond acceptors (Lipinski definition) is 31. The van der Waals surface area contributed by atoms with Gasteiger partial charge in [0.05, 0.1) is 44.9 Å². The molecule has 137 heavy (non-hydrogen) atoms. The Balaban J connectivity index is 2.52. The van der Waals surface area contributed by atoms with Gasteiger partial charge < -0.3 is 148 Å². The normalized spacial score (nSPS) is 15.8. The molecule has 2 rings (SSSR count). The number of aliphatic hydroxyl groups excluding tert-OH is 2. The highest BCUT2D eigenvalue weighted by Crippen LogP contribution is 2.23. The molecule has 0 saturated carbocycles. The lowest BCUT2D eigenvalue weighted by Gasteiger charge is -2.32. The average Bonchev–Trinajstić information content (AvgIpc) is 1.69. The van der Waals surface area contributed by atoms with Crippen molar-refractivity contribution >= 4 is 166 Å². The quantitative estimate of drug-likeness (QED) is 0.0270. The van der Waals surface area contributed by atoms with E-state index < -0.39 is 303 Å². The molecule has 1 fully saturated rings. The molecule has 30 N–H and O–H groups in total. The van der Waals surface area contributed by atoms with Crippen molar-refractivity contribution in [2.24, 2.45) is 35.0 Å². The monoisotopic (exact) mass is 2000 g/mol. The van der Waals surface area contributed by atoms with Crippen LogP contribution in [0.25, 0.3) is 0 Å². The molecule has 0 bridgehead atoms. The summed E-state index contributed by atoms with van der Waals surface area (Å²) in [5, 5.41) is 125. The van der Waals surface area contributed by atoms with Gasteiger partial charge in [-0.2, -0.15) is 35.3 Å². The minimum atomic E-state index is -2.18. The van der Waals surface area contributed by atoms with E-state index in [-0.39, 0.29) is 118 Å². The number of thioether (sulfide) groups is 3. The van der Waals surface area contributed by atoms with Crippen LogP contribution in [0, 0.1) is 17.8 Å². The lowest BCUT2D eigenvalue weighted by atomic mass is 9.99. The maximum atomic E-state index is 15.0. The number of likely N-dealkylation sites (tertiary alicyclic amines) is 1. The average molecular weight is 2000 g/mol. The number of aliphatic carboxylic acids is 6. The molecule has 17 atom stereocenters. The minimum absolute atomic E-state index is 0.00599. The summed E-state index contributed by atoms with van der Waals surface area (Å²) in [5.41, 5.74) is 17.1. The van der Waals surface area contributed by atoms with Crippen LogP contribution in [-0.4, -0.2) is 353 Å². The number of rotatable bonds is 68. The number of carbonyl (C=O) groups is 22. The van der Waals surface area contributed by atoms with Gasteiger partial charge in [0.25, 0.3) is 0 Å². The van der Waals surface area contributed by atoms with Crippen LogP contribution in [0.2, 0.25) is 0 Å². The van der Waals surface area contributed by atoms with Crippen LogP contribution in [0.15, 0.2) is 24.3 Å². The second-order valence-electron chi connectivity index (χ2n) is 33.5. The maximum absolute atomic E-state index is 15.0. The molecule has 16 amide bonds. The molecule has 0 aliphatic carbocycles. The number of nitrogens with zero attached hydrogens (tertiary/aromatic N) is 1. The van der Waals surface area contributed by atoms with Gasteiger partial charge in [-0.05, 0) is 168 Å². The van der Waals surface area contributed by atoms with Gasteiger partial charge in [-0.1, -0.05) is 53.7 Å². The number of phenols is 1. The number of nitrogens with two attached hydrogens (primary N) is 3. The number of hydrogen-bond donors (Lipinski definition) is 27. The molecule has 50 nitrogen and oxygen atoms in total. The van der Waals surface area contributed by atoms with Crippen molar-refractivity contribution in [3.05, 3.63) is 29.8 Å². The summed E-state index contributed by atoms with van der Waals surface area (Å²) in [6.45, 7) is 6.89. The first-order valence-corrected chi connectivity index (χ1v) is 48.5. The largest absolute Gasteiger partial charge is 0.508 e. The van der Waals surface area contributed by atoms with E-state index in [2.05, 4.69) is 79.8 Å². The third-order valence-corrected chi connectivity index (χ3v) is 23.1. The zero-order valence-electron chi connectivity index (χ0n) is 77.9. The fourth-order valence-electron chi connectivity index (χ4n) is 13.7. The number of amides is 16. The number of phenolic OH excluding ortho intramolecular Hbond substituents is 1. The van der Waals surface area contributed by atoms with Gasteiger partial charge in [-0.25, -0.2) is 4.79 Å². The Hall–Kier alpha value is -11.8. The predicted molar refractivity (Wildman–Crippen MR) is 495 cm³/mol. The first kappa shape index (κ1) is 121. The number of aromatic hydroxyl groups is 1. The van der Waals surface area contributed by atoms with E-state index in [0.717, 1.165) is 4.90 Å². The molecule has 0 spiro atoms. The van der Waals surface area contributed by atoms with Gasteiger partial charge in [0, 0.05) is 19.4 Å². The standard InChI is InChI=1S/C84H135N19O31S3/c1-41(2)33-53(74(123)97-56(37-64(113)114)76(125)91-50(25-31-136-8)71(120)93-52(84(133)134)16-11-13-28-86)94-72(121)51(26-32-137-9)92-81(130)60-17-14-29-103(60)83(132)67(43(5)6)102-78(127)54(34-44-18-20-45(106)21-19-44)95-77(126)57(38-65(115)116)98-82(131)66(42(3)4)101-80(129)59(40-105)100-70(119)48(22-23-61(107)108)90-75(124)55(36-63(111)112)96-69(118)47(15-10-12-27-85)89-79(128)58(39-104)99-73(122)49(24-30-135-7)88-68(117)46(87)35-62(109)110/h18-21,41-43,46-60,66-67,104-106H,10-17,22-40,85-87H2,1-9H3,(H,88,117)(H,89,128)(H,90,124)(H,91,125)(H,92,130)(H,93,120)(H,94,121)(H,95,126)(H,96,118)(H,97,123)(H,98,131)(H,99,122)(H,100,119)(H,101,129)(H,102,127)(H,107,108)(H,109,110)(H,111,112)(H,113,114)(H,115,116)(H,133,134). The van der Waals surface area contributed by atoms with Gasteiger partial charge in [0.2, 0.25) is 94.5 Å². The number of benzene rings is 1. The number of nitrogens with one attached hydrogen (secondary N) is 15. The predicted octanol–water partition coefficient (Wildman–Crippen LogP) is -6.77. The summed E-state index contributed by atoms with van der Waals surface area (Å²) in [7, 11) is 0. The fraction of sp³-hybridized carbons (Fsp3) is 0.667. The van der Waals surface area contributed by atoms with Gasteiger partial charge >= 0.3 is 35.8 Å². The van der Waals surface area contributed by atoms with E-state index in [9.17, 15) is 146 Å². The summed E-state index contributed by atoms with van der Waals surface area (Å²) in [6.07, 6.45) is -0.831. The van der Waals surface area contributed by atoms with E-state index in [1.165, 1.54) is 87.2 Å². The third-order valence-electron chi connectivity index (χ3n) is 21.2. The van der Waals surface area contributed by atoms with Gasteiger partial charge in [0.1, 0.15) is 102 Å². The van der Waals surface area contributed by atoms with E-state index in [1.807, 2.05) is 0 Å². The number of carbonyl (C=O) groups excluding carboxylic acids is 16. The Kier molecular flexibility index (Phi) is 56.3. The van der Waals surface area contributed by atoms with Crippen LogP contribution in [0.1, 0.15) is 163 Å². The highest BCUT2D eigenvalue weighted by Gasteiger charge is 2.44. The van der Waals surface area contributed by atoms with Crippen LogP contribution in [0.4, 0.5) is 0 Å². The van der Waals surface area contributed by atoms with Crippen LogP contribution in [-0.2, 0) is 112 Å².